The highest BCUT2D eigenvalue weighted by Gasteiger charge is 2.14. The second-order valence-electron chi connectivity index (χ2n) is 3.89. The zero-order valence-electron chi connectivity index (χ0n) is 10.2. The normalized spacial score (nSPS) is 12.2. The van der Waals surface area contributed by atoms with E-state index in [0.717, 1.165) is 5.69 Å². The van der Waals surface area contributed by atoms with Crippen LogP contribution in [0.15, 0.2) is 36.7 Å². The van der Waals surface area contributed by atoms with Crippen molar-refractivity contribution in [1.82, 2.24) is 9.78 Å². The van der Waals surface area contributed by atoms with Gasteiger partial charge in [0.1, 0.15) is 0 Å². The van der Waals surface area contributed by atoms with Gasteiger partial charge in [0.05, 0.1) is 24.5 Å². The number of hydrogen-bond acceptors (Lipinski definition) is 4. The number of rotatable bonds is 3. The van der Waals surface area contributed by atoms with Crippen LogP contribution in [0.4, 0.5) is 0 Å². The lowest BCUT2D eigenvalue weighted by Crippen LogP contribution is -2.07. The van der Waals surface area contributed by atoms with Crippen molar-refractivity contribution in [1.29, 1.82) is 0 Å². The molecule has 1 atom stereocenters. The van der Waals surface area contributed by atoms with E-state index in [1.807, 2.05) is 0 Å². The van der Waals surface area contributed by atoms with Gasteiger partial charge in [-0.15, -0.1) is 0 Å². The molecule has 94 valence electrons. The lowest BCUT2D eigenvalue weighted by molar-refractivity contribution is 0.0600. The van der Waals surface area contributed by atoms with Crippen LogP contribution in [-0.4, -0.2) is 28.0 Å². The molecule has 0 aliphatic rings. The summed E-state index contributed by atoms with van der Waals surface area (Å²) in [6, 6.07) is 6.80. The van der Waals surface area contributed by atoms with Crippen LogP contribution in [0.25, 0.3) is 5.69 Å². The standard InChI is InChI=1S/C13H14N2O3/c1-9(16)11-8-10(13(17)18-2)4-5-12(11)15-7-3-6-14-15/h3-9,16H,1-2H3/t9-/m0/s1. The Balaban J connectivity index is 2.52. The molecule has 0 unspecified atom stereocenters. The molecular formula is C13H14N2O3. The van der Waals surface area contributed by atoms with E-state index in [4.69, 9.17) is 0 Å². The van der Waals surface area contributed by atoms with Crippen molar-refractivity contribution in [3.63, 3.8) is 0 Å². The maximum atomic E-state index is 11.5. The van der Waals surface area contributed by atoms with E-state index in [0.29, 0.717) is 11.1 Å². The molecule has 0 fully saturated rings. The van der Waals surface area contributed by atoms with Crippen molar-refractivity contribution < 1.29 is 14.6 Å². The first-order valence-electron chi connectivity index (χ1n) is 5.54. The topological polar surface area (TPSA) is 64.4 Å². The highest BCUT2D eigenvalue weighted by atomic mass is 16.5. The van der Waals surface area contributed by atoms with Crippen molar-refractivity contribution in [3.8, 4) is 5.69 Å². The number of aliphatic hydroxyl groups excluding tert-OH is 1. The van der Waals surface area contributed by atoms with Crippen LogP contribution in [0, 0.1) is 0 Å². The minimum atomic E-state index is -0.700. The second kappa shape index (κ2) is 5.01. The third kappa shape index (κ3) is 2.26. The number of aromatic nitrogens is 2. The zero-order valence-corrected chi connectivity index (χ0v) is 10.2. The Hall–Kier alpha value is -2.14. The smallest absolute Gasteiger partial charge is 0.337 e. The van der Waals surface area contributed by atoms with Crippen molar-refractivity contribution >= 4 is 5.97 Å². The van der Waals surface area contributed by atoms with Crippen LogP contribution >= 0.6 is 0 Å². The molecule has 0 amide bonds. The average Bonchev–Trinajstić information content (AvgIpc) is 2.90. The Bertz CT molecular complexity index is 547. The van der Waals surface area contributed by atoms with Crippen LogP contribution < -0.4 is 0 Å². The summed E-state index contributed by atoms with van der Waals surface area (Å²) in [5, 5.41) is 13.9. The van der Waals surface area contributed by atoms with Crippen LogP contribution in [0.1, 0.15) is 28.9 Å². The summed E-state index contributed by atoms with van der Waals surface area (Å²) in [6.45, 7) is 1.64. The van der Waals surface area contributed by atoms with E-state index < -0.39 is 12.1 Å². The van der Waals surface area contributed by atoms with E-state index in [-0.39, 0.29) is 0 Å². The fourth-order valence-electron chi connectivity index (χ4n) is 1.75. The molecule has 0 bridgehead atoms. The average molecular weight is 246 g/mol. The van der Waals surface area contributed by atoms with Gasteiger partial charge in [0, 0.05) is 18.0 Å². The summed E-state index contributed by atoms with van der Waals surface area (Å²) in [5.41, 5.74) is 1.77. The molecule has 18 heavy (non-hydrogen) atoms. The Morgan fingerprint density at radius 1 is 1.50 bits per heavy atom. The number of hydrogen-bond donors (Lipinski definition) is 1. The Kier molecular flexibility index (Phi) is 3.43. The number of aliphatic hydroxyl groups is 1. The first-order valence-corrected chi connectivity index (χ1v) is 5.54. The molecule has 0 saturated carbocycles. The minimum Gasteiger partial charge on any atom is -0.465 e. The van der Waals surface area contributed by atoms with Crippen LogP contribution in [0.2, 0.25) is 0 Å². The molecule has 5 nitrogen and oxygen atoms in total. The monoisotopic (exact) mass is 246 g/mol. The van der Waals surface area contributed by atoms with Crippen molar-refractivity contribution in [2.24, 2.45) is 0 Å². The Morgan fingerprint density at radius 3 is 2.83 bits per heavy atom. The van der Waals surface area contributed by atoms with E-state index in [1.54, 1.807) is 48.3 Å². The number of benzene rings is 1. The highest BCUT2D eigenvalue weighted by molar-refractivity contribution is 5.89. The summed E-state index contributed by atoms with van der Waals surface area (Å²) >= 11 is 0. The molecule has 5 heteroatoms. The molecule has 1 aromatic carbocycles. The number of carbonyl (C=O) groups excluding carboxylic acids is 1. The number of ether oxygens (including phenoxy) is 1. The van der Waals surface area contributed by atoms with E-state index in [2.05, 4.69) is 9.84 Å². The van der Waals surface area contributed by atoms with Gasteiger partial charge in [-0.3, -0.25) is 0 Å². The molecular weight excluding hydrogens is 232 g/mol. The molecule has 1 N–H and O–H groups in total. The summed E-state index contributed by atoms with van der Waals surface area (Å²) in [6.07, 6.45) is 2.73. The van der Waals surface area contributed by atoms with Gasteiger partial charge in [-0.05, 0) is 31.2 Å². The summed E-state index contributed by atoms with van der Waals surface area (Å²) < 4.78 is 6.30. The van der Waals surface area contributed by atoms with Crippen molar-refractivity contribution in [2.75, 3.05) is 7.11 Å². The molecule has 2 rings (SSSR count). The molecule has 0 radical (unpaired) electrons. The first kappa shape index (κ1) is 12.3. The van der Waals surface area contributed by atoms with Gasteiger partial charge in [-0.25, -0.2) is 9.48 Å². The fraction of sp³-hybridized carbons (Fsp3) is 0.231. The molecule has 0 aliphatic carbocycles. The van der Waals surface area contributed by atoms with Gasteiger partial charge in [-0.2, -0.15) is 5.10 Å². The van der Waals surface area contributed by atoms with Gasteiger partial charge < -0.3 is 9.84 Å². The molecule has 0 spiro atoms. The maximum Gasteiger partial charge on any atom is 0.337 e. The van der Waals surface area contributed by atoms with Gasteiger partial charge in [0.15, 0.2) is 0 Å². The van der Waals surface area contributed by atoms with Crippen LogP contribution in [0.3, 0.4) is 0 Å². The van der Waals surface area contributed by atoms with Gasteiger partial charge in [-0.1, -0.05) is 0 Å². The lowest BCUT2D eigenvalue weighted by Gasteiger charge is -2.13. The van der Waals surface area contributed by atoms with Crippen molar-refractivity contribution in [2.45, 2.75) is 13.0 Å². The largest absolute Gasteiger partial charge is 0.465 e. The molecule has 0 aliphatic heterocycles. The minimum absolute atomic E-state index is 0.407. The summed E-state index contributed by atoms with van der Waals surface area (Å²) in [5.74, 6) is -0.427. The SMILES string of the molecule is COC(=O)c1ccc(-n2cccn2)c([C@H](C)O)c1. The Morgan fingerprint density at radius 2 is 2.28 bits per heavy atom. The quantitative estimate of drug-likeness (QED) is 0.837. The molecule has 1 heterocycles. The number of carbonyl (C=O) groups is 1. The molecule has 1 aromatic heterocycles. The first-order chi connectivity index (χ1) is 8.63. The van der Waals surface area contributed by atoms with Crippen LogP contribution in [-0.2, 0) is 4.74 Å². The predicted molar refractivity (Wildman–Crippen MR) is 65.5 cm³/mol. The second-order valence-corrected chi connectivity index (χ2v) is 3.89. The predicted octanol–water partition coefficient (Wildman–Crippen LogP) is 1.71. The number of nitrogens with zero attached hydrogens (tertiary/aromatic N) is 2. The lowest BCUT2D eigenvalue weighted by atomic mass is 10.0. The van der Waals surface area contributed by atoms with E-state index >= 15 is 0 Å². The third-order valence-electron chi connectivity index (χ3n) is 2.65. The highest BCUT2D eigenvalue weighted by Crippen LogP contribution is 2.23. The number of methoxy groups -OCH3 is 1. The summed E-state index contributed by atoms with van der Waals surface area (Å²) in [7, 11) is 1.33. The number of esters is 1. The zero-order chi connectivity index (χ0) is 13.1. The maximum absolute atomic E-state index is 11.5. The van der Waals surface area contributed by atoms with E-state index in [1.165, 1.54) is 7.11 Å². The van der Waals surface area contributed by atoms with Crippen molar-refractivity contribution in [3.05, 3.63) is 47.8 Å². The fourth-order valence-corrected chi connectivity index (χ4v) is 1.75. The van der Waals surface area contributed by atoms with Crippen LogP contribution in [0.5, 0.6) is 0 Å². The van der Waals surface area contributed by atoms with Gasteiger partial charge in [0.2, 0.25) is 0 Å². The van der Waals surface area contributed by atoms with E-state index in [9.17, 15) is 9.90 Å². The third-order valence-corrected chi connectivity index (χ3v) is 2.65. The van der Waals surface area contributed by atoms with Gasteiger partial charge in [0.25, 0.3) is 0 Å². The Labute approximate surface area is 105 Å². The molecule has 2 aromatic rings. The van der Waals surface area contributed by atoms with Gasteiger partial charge >= 0.3 is 5.97 Å². The molecule has 0 saturated heterocycles. The summed E-state index contributed by atoms with van der Waals surface area (Å²) in [4.78, 5) is 11.5.